The Balaban J connectivity index is 1.70. The molecule has 0 atom stereocenters. The van der Waals surface area contributed by atoms with Crippen LogP contribution in [-0.2, 0) is 4.79 Å². The van der Waals surface area contributed by atoms with Crippen molar-refractivity contribution in [1.82, 2.24) is 0 Å². The number of phenolic OH excluding ortho intramolecular Hbond substituents is 1. The van der Waals surface area contributed by atoms with E-state index in [-0.39, 0.29) is 18.1 Å². The number of allylic oxidation sites excluding steroid dienone is 2. The van der Waals surface area contributed by atoms with E-state index in [9.17, 15) is 9.90 Å². The summed E-state index contributed by atoms with van der Waals surface area (Å²) in [7, 11) is 4.74. The largest absolute Gasteiger partial charge is 0.504 e. The van der Waals surface area contributed by atoms with Crippen LogP contribution in [0.4, 0.5) is 5.69 Å². The highest BCUT2D eigenvalue weighted by atomic mass is 16.5. The van der Waals surface area contributed by atoms with E-state index in [0.29, 0.717) is 17.2 Å². The number of methoxy groups -OCH3 is 3. The number of phenols is 1. The minimum Gasteiger partial charge on any atom is -0.504 e. The molecule has 6 nitrogen and oxygen atoms in total. The van der Waals surface area contributed by atoms with Crippen LogP contribution in [-0.4, -0.2) is 32.3 Å². The van der Waals surface area contributed by atoms with Crippen molar-refractivity contribution in [3.05, 3.63) is 82.9 Å². The molecule has 174 valence electrons. The van der Waals surface area contributed by atoms with Crippen molar-refractivity contribution < 1.29 is 24.1 Å². The zero-order valence-electron chi connectivity index (χ0n) is 19.6. The number of amides is 1. The molecule has 0 saturated heterocycles. The molecule has 3 aromatic carbocycles. The molecule has 6 heteroatoms. The van der Waals surface area contributed by atoms with Gasteiger partial charge in [-0.3, -0.25) is 4.79 Å². The average molecular weight is 458 g/mol. The van der Waals surface area contributed by atoms with Crippen LogP contribution >= 0.6 is 0 Å². The molecule has 0 unspecified atom stereocenters. The Morgan fingerprint density at radius 3 is 2.41 bits per heavy atom. The van der Waals surface area contributed by atoms with Crippen molar-refractivity contribution in [1.29, 1.82) is 0 Å². The molecule has 1 amide bonds. The van der Waals surface area contributed by atoms with Gasteiger partial charge < -0.3 is 24.6 Å². The summed E-state index contributed by atoms with van der Waals surface area (Å²) in [6.07, 6.45) is 2.25. The summed E-state index contributed by atoms with van der Waals surface area (Å²) in [5, 5.41) is 12.9. The minimum atomic E-state index is -0.121. The summed E-state index contributed by atoms with van der Waals surface area (Å²) in [6, 6.07) is 18.4. The first-order chi connectivity index (χ1) is 16.4. The number of anilines is 1. The van der Waals surface area contributed by atoms with Crippen molar-refractivity contribution >= 4 is 28.8 Å². The molecule has 0 fully saturated rings. The second-order valence-electron chi connectivity index (χ2n) is 7.96. The van der Waals surface area contributed by atoms with Crippen LogP contribution in [0.3, 0.4) is 0 Å². The summed E-state index contributed by atoms with van der Waals surface area (Å²) in [5.74, 6) is 1.78. The van der Waals surface area contributed by atoms with E-state index >= 15 is 0 Å². The Morgan fingerprint density at radius 2 is 1.68 bits per heavy atom. The van der Waals surface area contributed by atoms with E-state index in [1.165, 1.54) is 7.11 Å². The summed E-state index contributed by atoms with van der Waals surface area (Å²) < 4.78 is 15.9. The third-order valence-corrected chi connectivity index (χ3v) is 5.90. The van der Waals surface area contributed by atoms with Crippen molar-refractivity contribution in [2.45, 2.75) is 13.3 Å². The maximum absolute atomic E-state index is 13.0. The lowest BCUT2D eigenvalue weighted by Crippen LogP contribution is -2.12. The van der Waals surface area contributed by atoms with Crippen LogP contribution < -0.4 is 19.5 Å². The number of carbonyl (C=O) groups is 1. The minimum absolute atomic E-state index is 0.0865. The van der Waals surface area contributed by atoms with Crippen LogP contribution in [0.5, 0.6) is 23.0 Å². The van der Waals surface area contributed by atoms with Gasteiger partial charge in [0.15, 0.2) is 11.5 Å². The highest BCUT2D eigenvalue weighted by molar-refractivity contribution is 6.10. The molecule has 1 aliphatic carbocycles. The van der Waals surface area contributed by atoms with Crippen LogP contribution in [0.2, 0.25) is 0 Å². The third kappa shape index (κ3) is 4.62. The molecule has 3 aromatic rings. The monoisotopic (exact) mass is 457 g/mol. The van der Waals surface area contributed by atoms with Gasteiger partial charge in [-0.05, 0) is 82.8 Å². The van der Waals surface area contributed by atoms with Crippen molar-refractivity contribution in [3.63, 3.8) is 0 Å². The molecule has 0 spiro atoms. The van der Waals surface area contributed by atoms with Gasteiger partial charge in [-0.1, -0.05) is 18.2 Å². The van der Waals surface area contributed by atoms with Gasteiger partial charge >= 0.3 is 0 Å². The molecule has 0 heterocycles. The molecular weight excluding hydrogens is 430 g/mol. The normalized spacial score (nSPS) is 13.6. The number of fused-ring (bicyclic) bond motifs is 1. The first-order valence-electron chi connectivity index (χ1n) is 10.8. The number of hydrogen-bond donors (Lipinski definition) is 2. The first-order valence-corrected chi connectivity index (χ1v) is 10.8. The molecule has 0 aliphatic heterocycles. The quantitative estimate of drug-likeness (QED) is 0.471. The Labute approximate surface area is 199 Å². The Kier molecular flexibility index (Phi) is 6.59. The standard InChI is InChI=1S/C28H27NO5/c1-17-23(12-18-8-11-26(30)27(13-18)34-4)22-10-9-21(33-3)15-25(22)24(17)16-28(31)29-19-6-5-7-20(14-19)32-2/h5-15,30H,16H2,1-4H3,(H,29,31). The Morgan fingerprint density at radius 1 is 0.912 bits per heavy atom. The van der Waals surface area contributed by atoms with Crippen LogP contribution in [0.15, 0.2) is 66.2 Å². The number of carbonyl (C=O) groups excluding carboxylic acids is 1. The molecule has 34 heavy (non-hydrogen) atoms. The fourth-order valence-electron chi connectivity index (χ4n) is 4.13. The van der Waals surface area contributed by atoms with Crippen LogP contribution in [0.1, 0.15) is 30.0 Å². The molecule has 1 aliphatic rings. The average Bonchev–Trinajstić information content (AvgIpc) is 3.10. The Bertz CT molecular complexity index is 1310. The lowest BCUT2D eigenvalue weighted by atomic mass is 10.00. The van der Waals surface area contributed by atoms with Gasteiger partial charge in [-0.15, -0.1) is 0 Å². The number of nitrogens with one attached hydrogen (secondary N) is 1. The maximum atomic E-state index is 13.0. The highest BCUT2D eigenvalue weighted by Gasteiger charge is 2.26. The second kappa shape index (κ2) is 9.75. The van der Waals surface area contributed by atoms with E-state index in [4.69, 9.17) is 14.2 Å². The van der Waals surface area contributed by atoms with E-state index in [1.54, 1.807) is 32.4 Å². The molecule has 0 bridgehead atoms. The zero-order valence-corrected chi connectivity index (χ0v) is 19.6. The number of ether oxygens (including phenoxy) is 3. The fraction of sp³-hybridized carbons (Fsp3) is 0.179. The van der Waals surface area contributed by atoms with Crippen molar-refractivity contribution in [2.75, 3.05) is 26.6 Å². The third-order valence-electron chi connectivity index (χ3n) is 5.90. The molecule has 0 aromatic heterocycles. The topological polar surface area (TPSA) is 77.0 Å². The smallest absolute Gasteiger partial charge is 0.228 e. The van der Waals surface area contributed by atoms with Gasteiger partial charge in [-0.2, -0.15) is 0 Å². The van der Waals surface area contributed by atoms with Crippen molar-refractivity contribution in [3.8, 4) is 23.0 Å². The molecule has 4 rings (SSSR count). The van der Waals surface area contributed by atoms with Crippen LogP contribution in [0.25, 0.3) is 17.2 Å². The lowest BCUT2D eigenvalue weighted by molar-refractivity contribution is -0.115. The van der Waals surface area contributed by atoms with E-state index in [1.807, 2.05) is 55.5 Å². The fourth-order valence-corrected chi connectivity index (χ4v) is 4.13. The molecule has 0 radical (unpaired) electrons. The molecule has 2 N–H and O–H groups in total. The summed E-state index contributed by atoms with van der Waals surface area (Å²) >= 11 is 0. The molecular formula is C28H27NO5. The SMILES string of the molecule is COc1cccc(NC(=O)CC2=C(C)C(=Cc3ccc(O)c(OC)c3)c3ccc(OC)cc32)c1. The highest BCUT2D eigenvalue weighted by Crippen LogP contribution is 2.45. The summed E-state index contributed by atoms with van der Waals surface area (Å²) in [4.78, 5) is 13.0. The van der Waals surface area contributed by atoms with E-state index in [0.717, 1.165) is 39.2 Å². The summed E-state index contributed by atoms with van der Waals surface area (Å²) in [5.41, 5.74) is 6.51. The number of hydrogen-bond acceptors (Lipinski definition) is 5. The lowest BCUT2D eigenvalue weighted by Gasteiger charge is -2.10. The van der Waals surface area contributed by atoms with Crippen LogP contribution in [0, 0.1) is 0 Å². The van der Waals surface area contributed by atoms with Crippen molar-refractivity contribution in [2.24, 2.45) is 0 Å². The number of rotatable bonds is 7. The molecule has 0 saturated carbocycles. The second-order valence-corrected chi connectivity index (χ2v) is 7.96. The predicted molar refractivity (Wildman–Crippen MR) is 134 cm³/mol. The van der Waals surface area contributed by atoms with Gasteiger partial charge in [0, 0.05) is 11.8 Å². The van der Waals surface area contributed by atoms with Gasteiger partial charge in [-0.25, -0.2) is 0 Å². The zero-order chi connectivity index (χ0) is 24.2. The van der Waals surface area contributed by atoms with E-state index in [2.05, 4.69) is 5.32 Å². The van der Waals surface area contributed by atoms with Gasteiger partial charge in [0.25, 0.3) is 0 Å². The summed E-state index contributed by atoms with van der Waals surface area (Å²) in [6.45, 7) is 2.02. The van der Waals surface area contributed by atoms with Gasteiger partial charge in [0.05, 0.1) is 27.8 Å². The Hall–Kier alpha value is -4.19. The predicted octanol–water partition coefficient (Wildman–Crippen LogP) is 5.77. The number of benzene rings is 3. The first kappa shape index (κ1) is 23.0. The van der Waals surface area contributed by atoms with E-state index < -0.39 is 0 Å². The maximum Gasteiger partial charge on any atom is 0.228 e. The van der Waals surface area contributed by atoms with Gasteiger partial charge in [0.1, 0.15) is 11.5 Å². The van der Waals surface area contributed by atoms with Gasteiger partial charge in [0.2, 0.25) is 5.91 Å². The number of aromatic hydroxyl groups is 1.